The van der Waals surface area contributed by atoms with Crippen LogP contribution in [0.5, 0.6) is 0 Å². The van der Waals surface area contributed by atoms with E-state index >= 15 is 0 Å². The third-order valence-corrected chi connectivity index (χ3v) is 4.16. The van der Waals surface area contributed by atoms with E-state index in [0.29, 0.717) is 5.56 Å². The highest BCUT2D eigenvalue weighted by atomic mass is 28.3. The largest absolute Gasteiger partial charge is 0.290 e. The maximum atomic E-state index is 11.5. The SMILES string of the molecule is C[Si](C)(C)c1ccccc1C(=O)NN. The first-order valence-electron chi connectivity index (χ1n) is 4.57. The van der Waals surface area contributed by atoms with Gasteiger partial charge < -0.3 is 0 Å². The zero-order valence-corrected chi connectivity index (χ0v) is 9.79. The molecule has 0 saturated carbocycles. The minimum absolute atomic E-state index is 0.206. The van der Waals surface area contributed by atoms with Gasteiger partial charge in [-0.25, -0.2) is 5.84 Å². The molecule has 1 rings (SSSR count). The summed E-state index contributed by atoms with van der Waals surface area (Å²) in [7, 11) is -1.47. The number of rotatable bonds is 2. The van der Waals surface area contributed by atoms with Gasteiger partial charge in [-0.05, 0) is 11.3 Å². The fourth-order valence-electron chi connectivity index (χ4n) is 1.41. The zero-order chi connectivity index (χ0) is 10.8. The number of carbonyl (C=O) groups excluding carboxylic acids is 1. The number of benzene rings is 1. The first kappa shape index (κ1) is 10.9. The Morgan fingerprint density at radius 3 is 2.36 bits per heavy atom. The second-order valence-electron chi connectivity index (χ2n) is 4.27. The van der Waals surface area contributed by atoms with Gasteiger partial charge in [0.1, 0.15) is 0 Å². The monoisotopic (exact) mass is 208 g/mol. The summed E-state index contributed by atoms with van der Waals surface area (Å²) in [6.07, 6.45) is 0. The average Bonchev–Trinajstić information content (AvgIpc) is 2.15. The lowest BCUT2D eigenvalue weighted by Gasteiger charge is -2.19. The number of nitrogens with two attached hydrogens (primary N) is 1. The Kier molecular flexibility index (Phi) is 3.08. The molecule has 76 valence electrons. The van der Waals surface area contributed by atoms with E-state index in [1.54, 1.807) is 0 Å². The second kappa shape index (κ2) is 3.94. The van der Waals surface area contributed by atoms with E-state index in [2.05, 4.69) is 25.1 Å². The van der Waals surface area contributed by atoms with Gasteiger partial charge in [-0.15, -0.1) is 0 Å². The summed E-state index contributed by atoms with van der Waals surface area (Å²) in [4.78, 5) is 11.5. The van der Waals surface area contributed by atoms with Crippen LogP contribution in [0.3, 0.4) is 0 Å². The van der Waals surface area contributed by atoms with Crippen molar-refractivity contribution in [3.05, 3.63) is 29.8 Å². The number of hydrogen-bond acceptors (Lipinski definition) is 2. The Labute approximate surface area is 85.3 Å². The number of nitrogen functional groups attached to an aromatic ring is 1. The number of carbonyl (C=O) groups is 1. The molecule has 1 aromatic rings. The van der Waals surface area contributed by atoms with Gasteiger partial charge in [0.25, 0.3) is 5.91 Å². The summed E-state index contributed by atoms with van der Waals surface area (Å²) in [5, 5.41) is 1.14. The predicted octanol–water partition coefficient (Wildman–Crippen LogP) is 0.835. The maximum absolute atomic E-state index is 11.5. The van der Waals surface area contributed by atoms with Crippen LogP contribution in [0.4, 0.5) is 0 Å². The van der Waals surface area contributed by atoms with Gasteiger partial charge in [-0.1, -0.05) is 37.8 Å². The molecule has 0 aliphatic heterocycles. The van der Waals surface area contributed by atoms with Crippen LogP contribution in [-0.2, 0) is 0 Å². The van der Waals surface area contributed by atoms with Crippen molar-refractivity contribution in [2.45, 2.75) is 19.6 Å². The summed E-state index contributed by atoms with van der Waals surface area (Å²) in [5.74, 6) is 4.93. The molecule has 0 heterocycles. The molecule has 4 heteroatoms. The van der Waals surface area contributed by atoms with Gasteiger partial charge in [0, 0.05) is 5.56 Å². The summed E-state index contributed by atoms with van der Waals surface area (Å²) in [6, 6.07) is 7.64. The molecule has 0 aromatic heterocycles. The molecular formula is C10H16N2OSi. The van der Waals surface area contributed by atoms with Crippen molar-refractivity contribution in [3.8, 4) is 0 Å². The first-order chi connectivity index (χ1) is 6.46. The van der Waals surface area contributed by atoms with E-state index in [1.807, 2.05) is 24.3 Å². The van der Waals surface area contributed by atoms with E-state index < -0.39 is 8.07 Å². The molecule has 0 fully saturated rings. The topological polar surface area (TPSA) is 55.1 Å². The van der Waals surface area contributed by atoms with E-state index in [1.165, 1.54) is 0 Å². The van der Waals surface area contributed by atoms with E-state index in [4.69, 9.17) is 5.84 Å². The van der Waals surface area contributed by atoms with Crippen molar-refractivity contribution in [2.75, 3.05) is 0 Å². The van der Waals surface area contributed by atoms with Crippen molar-refractivity contribution >= 4 is 19.2 Å². The molecule has 0 aliphatic rings. The van der Waals surface area contributed by atoms with Crippen molar-refractivity contribution in [1.82, 2.24) is 5.43 Å². The van der Waals surface area contributed by atoms with Crippen LogP contribution in [-0.4, -0.2) is 14.0 Å². The molecule has 1 amide bonds. The molecule has 0 atom stereocenters. The Bertz CT molecular complexity index is 344. The molecule has 0 saturated heterocycles. The normalized spacial score (nSPS) is 11.1. The van der Waals surface area contributed by atoms with Gasteiger partial charge in [0.05, 0.1) is 8.07 Å². The fraction of sp³-hybridized carbons (Fsp3) is 0.300. The lowest BCUT2D eigenvalue weighted by atomic mass is 10.2. The van der Waals surface area contributed by atoms with Crippen LogP contribution in [0.1, 0.15) is 10.4 Å². The van der Waals surface area contributed by atoms with Crippen molar-refractivity contribution in [3.63, 3.8) is 0 Å². The molecular weight excluding hydrogens is 192 g/mol. The Morgan fingerprint density at radius 2 is 1.86 bits per heavy atom. The van der Waals surface area contributed by atoms with Gasteiger partial charge in [-0.3, -0.25) is 10.2 Å². The van der Waals surface area contributed by atoms with Crippen LogP contribution in [0.15, 0.2) is 24.3 Å². The molecule has 0 radical (unpaired) electrons. The van der Waals surface area contributed by atoms with Crippen LogP contribution < -0.4 is 16.5 Å². The second-order valence-corrected chi connectivity index (χ2v) is 9.31. The molecule has 3 N–H and O–H groups in total. The Morgan fingerprint density at radius 1 is 1.29 bits per heavy atom. The predicted molar refractivity (Wildman–Crippen MR) is 61.1 cm³/mol. The highest BCUT2D eigenvalue weighted by Gasteiger charge is 2.22. The molecule has 0 aliphatic carbocycles. The van der Waals surface area contributed by atoms with E-state index in [0.717, 1.165) is 5.19 Å². The number of nitrogens with one attached hydrogen (secondary N) is 1. The molecule has 0 bridgehead atoms. The van der Waals surface area contributed by atoms with Gasteiger partial charge >= 0.3 is 0 Å². The van der Waals surface area contributed by atoms with Crippen molar-refractivity contribution in [2.24, 2.45) is 5.84 Å². The molecule has 3 nitrogen and oxygen atoms in total. The summed E-state index contributed by atoms with van der Waals surface area (Å²) < 4.78 is 0. The minimum atomic E-state index is -1.47. The maximum Gasteiger partial charge on any atom is 0.265 e. The standard InChI is InChI=1S/C10H16N2OSi/c1-14(2,3)9-7-5-4-6-8(9)10(13)12-11/h4-7H,11H2,1-3H3,(H,12,13). The van der Waals surface area contributed by atoms with Crippen LogP contribution in [0, 0.1) is 0 Å². The fourth-order valence-corrected chi connectivity index (χ4v) is 3.01. The Hall–Kier alpha value is -1.13. The lowest BCUT2D eigenvalue weighted by molar-refractivity contribution is 0.0954. The van der Waals surface area contributed by atoms with Crippen molar-refractivity contribution < 1.29 is 4.79 Å². The number of amides is 1. The lowest BCUT2D eigenvalue weighted by Crippen LogP contribution is -2.44. The zero-order valence-electron chi connectivity index (χ0n) is 8.79. The highest BCUT2D eigenvalue weighted by Crippen LogP contribution is 2.06. The number of hydrazine groups is 1. The van der Waals surface area contributed by atoms with Crippen LogP contribution in [0.2, 0.25) is 19.6 Å². The van der Waals surface area contributed by atoms with Gasteiger partial charge in [-0.2, -0.15) is 0 Å². The average molecular weight is 208 g/mol. The first-order valence-corrected chi connectivity index (χ1v) is 8.07. The smallest absolute Gasteiger partial charge is 0.265 e. The molecule has 0 spiro atoms. The van der Waals surface area contributed by atoms with Gasteiger partial charge in [0.2, 0.25) is 0 Å². The minimum Gasteiger partial charge on any atom is -0.290 e. The van der Waals surface area contributed by atoms with Gasteiger partial charge in [0.15, 0.2) is 0 Å². The number of hydrogen-bond donors (Lipinski definition) is 2. The summed E-state index contributed by atoms with van der Waals surface area (Å²) >= 11 is 0. The Balaban J connectivity index is 3.23. The van der Waals surface area contributed by atoms with Crippen LogP contribution >= 0.6 is 0 Å². The third kappa shape index (κ3) is 2.21. The third-order valence-electron chi connectivity index (χ3n) is 2.11. The van der Waals surface area contributed by atoms with E-state index in [9.17, 15) is 4.79 Å². The molecule has 0 unspecified atom stereocenters. The quantitative estimate of drug-likeness (QED) is 0.327. The highest BCUT2D eigenvalue weighted by molar-refractivity contribution is 6.89. The van der Waals surface area contributed by atoms with Crippen molar-refractivity contribution in [1.29, 1.82) is 0 Å². The van der Waals surface area contributed by atoms with Crippen LogP contribution in [0.25, 0.3) is 0 Å². The van der Waals surface area contributed by atoms with E-state index in [-0.39, 0.29) is 5.91 Å². The molecule has 1 aromatic carbocycles. The summed E-state index contributed by atoms with van der Waals surface area (Å²) in [5.41, 5.74) is 2.88. The summed E-state index contributed by atoms with van der Waals surface area (Å²) in [6.45, 7) is 6.61. The molecule has 14 heavy (non-hydrogen) atoms.